The zero-order valence-electron chi connectivity index (χ0n) is 10.2. The summed E-state index contributed by atoms with van der Waals surface area (Å²) < 4.78 is 5.36. The van der Waals surface area contributed by atoms with Gasteiger partial charge in [-0.15, -0.1) is 0 Å². The summed E-state index contributed by atoms with van der Waals surface area (Å²) in [5.74, 6) is 0.811. The lowest BCUT2D eigenvalue weighted by atomic mass is 10.1. The van der Waals surface area contributed by atoms with Gasteiger partial charge in [-0.25, -0.2) is 0 Å². The van der Waals surface area contributed by atoms with E-state index in [-0.39, 0.29) is 0 Å². The van der Waals surface area contributed by atoms with Gasteiger partial charge in [0.25, 0.3) is 0 Å². The van der Waals surface area contributed by atoms with Gasteiger partial charge in [0.05, 0.1) is 5.69 Å². The number of rotatable bonds is 3. The Morgan fingerprint density at radius 2 is 1.89 bits per heavy atom. The van der Waals surface area contributed by atoms with E-state index in [0.717, 1.165) is 23.6 Å². The van der Waals surface area contributed by atoms with Crippen LogP contribution in [0.4, 0.5) is 0 Å². The number of benzene rings is 2. The van der Waals surface area contributed by atoms with E-state index in [4.69, 9.17) is 4.52 Å². The molecule has 1 aromatic heterocycles. The van der Waals surface area contributed by atoms with Crippen LogP contribution in [-0.4, -0.2) is 12.2 Å². The summed E-state index contributed by atoms with van der Waals surface area (Å²) >= 11 is 0. The molecule has 0 aliphatic carbocycles. The number of fused-ring (bicyclic) bond motifs is 1. The van der Waals surface area contributed by atoms with Crippen LogP contribution < -0.4 is 5.32 Å². The van der Waals surface area contributed by atoms with E-state index < -0.39 is 0 Å². The molecule has 0 aliphatic rings. The summed E-state index contributed by atoms with van der Waals surface area (Å²) in [5, 5.41) is 9.52. The Kier molecular flexibility index (Phi) is 2.82. The first-order valence-electron chi connectivity index (χ1n) is 5.96. The second-order valence-corrected chi connectivity index (χ2v) is 4.27. The Labute approximate surface area is 105 Å². The number of nitrogens with one attached hydrogen (secondary N) is 1. The number of hydrogen-bond donors (Lipinski definition) is 1. The van der Waals surface area contributed by atoms with E-state index in [0.29, 0.717) is 0 Å². The molecular formula is C15H14N2O. The molecule has 2 aromatic carbocycles. The molecule has 90 valence electrons. The van der Waals surface area contributed by atoms with Crippen molar-refractivity contribution in [2.75, 3.05) is 7.05 Å². The summed E-state index contributed by atoms with van der Waals surface area (Å²) in [4.78, 5) is 0. The molecule has 0 atom stereocenters. The third-order valence-electron chi connectivity index (χ3n) is 2.95. The topological polar surface area (TPSA) is 38.1 Å². The molecule has 3 aromatic rings. The van der Waals surface area contributed by atoms with Crippen molar-refractivity contribution in [3.63, 3.8) is 0 Å². The van der Waals surface area contributed by atoms with Gasteiger partial charge in [-0.05, 0) is 23.9 Å². The molecule has 3 nitrogen and oxygen atoms in total. The fourth-order valence-electron chi connectivity index (χ4n) is 2.05. The molecular weight excluding hydrogens is 224 g/mol. The molecule has 18 heavy (non-hydrogen) atoms. The number of nitrogens with zero attached hydrogens (tertiary/aromatic N) is 1. The Balaban J connectivity index is 2.02. The van der Waals surface area contributed by atoms with E-state index in [1.807, 2.05) is 25.2 Å². The predicted molar refractivity (Wildman–Crippen MR) is 72.2 cm³/mol. The predicted octanol–water partition coefficient (Wildman–Crippen LogP) is 3.21. The number of aromatic nitrogens is 1. The molecule has 0 bridgehead atoms. The highest BCUT2D eigenvalue weighted by molar-refractivity contribution is 5.86. The second-order valence-electron chi connectivity index (χ2n) is 4.27. The lowest BCUT2D eigenvalue weighted by Crippen LogP contribution is -2.04. The van der Waals surface area contributed by atoms with Gasteiger partial charge in [0.2, 0.25) is 0 Å². The van der Waals surface area contributed by atoms with Gasteiger partial charge in [-0.3, -0.25) is 0 Å². The van der Waals surface area contributed by atoms with Gasteiger partial charge in [0.15, 0.2) is 5.76 Å². The summed E-state index contributed by atoms with van der Waals surface area (Å²) in [6, 6.07) is 16.5. The van der Waals surface area contributed by atoms with E-state index in [2.05, 4.69) is 40.8 Å². The van der Waals surface area contributed by atoms with Gasteiger partial charge in [-0.2, -0.15) is 0 Å². The van der Waals surface area contributed by atoms with Gasteiger partial charge in [0, 0.05) is 18.2 Å². The molecule has 1 N–H and O–H groups in total. The van der Waals surface area contributed by atoms with Crippen LogP contribution in [0.25, 0.3) is 22.1 Å². The van der Waals surface area contributed by atoms with Crippen molar-refractivity contribution in [2.45, 2.75) is 6.54 Å². The van der Waals surface area contributed by atoms with Gasteiger partial charge in [-0.1, -0.05) is 41.6 Å². The lowest BCUT2D eigenvalue weighted by molar-refractivity contribution is 0.421. The van der Waals surface area contributed by atoms with E-state index in [9.17, 15) is 0 Å². The number of hydrogen-bond acceptors (Lipinski definition) is 3. The van der Waals surface area contributed by atoms with E-state index in [1.54, 1.807) is 0 Å². The SMILES string of the molecule is CNCc1cc(-c2ccc3ccccc3c2)on1. The smallest absolute Gasteiger partial charge is 0.167 e. The average molecular weight is 238 g/mol. The van der Waals surface area contributed by atoms with Crippen molar-refractivity contribution < 1.29 is 4.52 Å². The summed E-state index contributed by atoms with van der Waals surface area (Å²) in [6.07, 6.45) is 0. The largest absolute Gasteiger partial charge is 0.356 e. The van der Waals surface area contributed by atoms with Crippen molar-refractivity contribution in [3.05, 3.63) is 54.2 Å². The second kappa shape index (κ2) is 4.63. The molecule has 1 heterocycles. The zero-order valence-corrected chi connectivity index (χ0v) is 10.2. The quantitative estimate of drug-likeness (QED) is 0.761. The third kappa shape index (κ3) is 2.00. The molecule has 0 fully saturated rings. The third-order valence-corrected chi connectivity index (χ3v) is 2.95. The molecule has 3 rings (SSSR count). The van der Waals surface area contributed by atoms with Crippen LogP contribution in [0.3, 0.4) is 0 Å². The van der Waals surface area contributed by atoms with Crippen molar-refractivity contribution in [1.82, 2.24) is 10.5 Å². The maximum Gasteiger partial charge on any atom is 0.167 e. The first-order valence-corrected chi connectivity index (χ1v) is 5.96. The molecule has 0 saturated carbocycles. The van der Waals surface area contributed by atoms with Crippen LogP contribution in [0, 0.1) is 0 Å². The lowest BCUT2D eigenvalue weighted by Gasteiger charge is -1.99. The van der Waals surface area contributed by atoms with Crippen molar-refractivity contribution in [3.8, 4) is 11.3 Å². The van der Waals surface area contributed by atoms with Crippen LogP contribution in [0.2, 0.25) is 0 Å². The van der Waals surface area contributed by atoms with Crippen LogP contribution in [0.5, 0.6) is 0 Å². The maximum absolute atomic E-state index is 5.36. The Morgan fingerprint density at radius 1 is 1.06 bits per heavy atom. The van der Waals surface area contributed by atoms with Crippen LogP contribution in [0.15, 0.2) is 53.1 Å². The zero-order chi connectivity index (χ0) is 12.4. The Hall–Kier alpha value is -2.13. The van der Waals surface area contributed by atoms with Gasteiger partial charge in [0.1, 0.15) is 0 Å². The summed E-state index contributed by atoms with van der Waals surface area (Å²) in [7, 11) is 1.89. The minimum absolute atomic E-state index is 0.719. The molecule has 0 saturated heterocycles. The highest BCUT2D eigenvalue weighted by Crippen LogP contribution is 2.24. The van der Waals surface area contributed by atoms with Crippen molar-refractivity contribution >= 4 is 10.8 Å². The van der Waals surface area contributed by atoms with Crippen LogP contribution in [0.1, 0.15) is 5.69 Å². The first-order chi connectivity index (χ1) is 8.86. The molecule has 0 spiro atoms. The fraction of sp³-hybridized carbons (Fsp3) is 0.133. The first kappa shape index (κ1) is 11.0. The van der Waals surface area contributed by atoms with Crippen LogP contribution in [-0.2, 0) is 6.54 Å². The summed E-state index contributed by atoms with van der Waals surface area (Å²) in [6.45, 7) is 0.719. The minimum Gasteiger partial charge on any atom is -0.356 e. The van der Waals surface area contributed by atoms with E-state index >= 15 is 0 Å². The molecule has 0 radical (unpaired) electrons. The molecule has 3 heteroatoms. The molecule has 0 amide bonds. The molecule has 0 unspecified atom stereocenters. The van der Waals surface area contributed by atoms with E-state index in [1.165, 1.54) is 10.8 Å². The average Bonchev–Trinajstić information content (AvgIpc) is 2.87. The van der Waals surface area contributed by atoms with Crippen LogP contribution >= 0.6 is 0 Å². The highest BCUT2D eigenvalue weighted by Gasteiger charge is 2.06. The van der Waals surface area contributed by atoms with Crippen molar-refractivity contribution in [1.29, 1.82) is 0 Å². The monoisotopic (exact) mass is 238 g/mol. The van der Waals surface area contributed by atoms with Crippen molar-refractivity contribution in [2.24, 2.45) is 0 Å². The molecule has 0 aliphatic heterocycles. The standard InChI is InChI=1S/C15H14N2O/c1-16-10-14-9-15(18-17-14)13-7-6-11-4-2-3-5-12(11)8-13/h2-9,16H,10H2,1H3. The van der Waals surface area contributed by atoms with Gasteiger partial charge < -0.3 is 9.84 Å². The highest BCUT2D eigenvalue weighted by atomic mass is 16.5. The maximum atomic E-state index is 5.36. The normalized spacial score (nSPS) is 10.9. The van der Waals surface area contributed by atoms with Gasteiger partial charge >= 0.3 is 0 Å². The Morgan fingerprint density at radius 3 is 2.72 bits per heavy atom. The summed E-state index contributed by atoms with van der Waals surface area (Å²) in [5.41, 5.74) is 1.98. The Bertz CT molecular complexity index is 673. The fourth-order valence-corrected chi connectivity index (χ4v) is 2.05. The minimum atomic E-state index is 0.719.